The van der Waals surface area contributed by atoms with E-state index in [1.54, 1.807) is 0 Å². The second kappa shape index (κ2) is 4.98. The van der Waals surface area contributed by atoms with Gasteiger partial charge in [0.25, 0.3) is 0 Å². The van der Waals surface area contributed by atoms with Crippen LogP contribution in [0.15, 0.2) is 10.5 Å². The number of aryl methyl sites for hydroxylation is 2. The van der Waals surface area contributed by atoms with Gasteiger partial charge in [-0.15, -0.1) is 0 Å². The van der Waals surface area contributed by atoms with Crippen molar-refractivity contribution in [3.8, 4) is 0 Å². The van der Waals surface area contributed by atoms with Gasteiger partial charge in [0.05, 0.1) is 13.7 Å². The summed E-state index contributed by atoms with van der Waals surface area (Å²) in [6.07, 6.45) is 0. The molecule has 4 heteroatoms. The van der Waals surface area contributed by atoms with Crippen molar-refractivity contribution in [3.05, 3.63) is 23.2 Å². The van der Waals surface area contributed by atoms with Gasteiger partial charge in [0.1, 0.15) is 11.5 Å². The van der Waals surface area contributed by atoms with Gasteiger partial charge in [0.15, 0.2) is 0 Å². The normalized spacial score (nSPS) is 12.5. The van der Waals surface area contributed by atoms with Crippen molar-refractivity contribution in [2.75, 3.05) is 13.7 Å². The number of methoxy groups -OCH3 is 1. The Labute approximate surface area is 89.6 Å². The summed E-state index contributed by atoms with van der Waals surface area (Å²) >= 11 is 0. The first-order valence-corrected chi connectivity index (χ1v) is 4.91. The summed E-state index contributed by atoms with van der Waals surface area (Å²) in [6, 6.07) is 2.06. The summed E-state index contributed by atoms with van der Waals surface area (Å²) in [5.41, 5.74) is 1.08. The highest BCUT2D eigenvalue weighted by molar-refractivity contribution is 5.71. The van der Waals surface area contributed by atoms with Crippen molar-refractivity contribution in [3.63, 3.8) is 0 Å². The van der Waals surface area contributed by atoms with Gasteiger partial charge in [-0.25, -0.2) is 0 Å². The molecule has 0 saturated carbocycles. The number of carbonyl (C=O) groups is 1. The van der Waals surface area contributed by atoms with Crippen LogP contribution < -0.4 is 5.32 Å². The van der Waals surface area contributed by atoms with Crippen LogP contribution in [-0.4, -0.2) is 19.6 Å². The zero-order chi connectivity index (χ0) is 11.4. The Hall–Kier alpha value is -1.29. The minimum Gasteiger partial charge on any atom is -0.468 e. The third-order valence-corrected chi connectivity index (χ3v) is 2.33. The molecule has 0 saturated heterocycles. The van der Waals surface area contributed by atoms with Crippen LogP contribution in [0.3, 0.4) is 0 Å². The van der Waals surface area contributed by atoms with E-state index in [-0.39, 0.29) is 18.6 Å². The molecule has 4 nitrogen and oxygen atoms in total. The first kappa shape index (κ1) is 11.8. The molecular weight excluding hydrogens is 194 g/mol. The van der Waals surface area contributed by atoms with Crippen molar-refractivity contribution in [2.24, 2.45) is 0 Å². The minimum atomic E-state index is -0.264. The van der Waals surface area contributed by atoms with Crippen LogP contribution in [0.4, 0.5) is 0 Å². The molecule has 1 N–H and O–H groups in total. The Bertz CT molecular complexity index is 344. The lowest BCUT2D eigenvalue weighted by Gasteiger charge is -2.11. The van der Waals surface area contributed by atoms with E-state index < -0.39 is 0 Å². The van der Waals surface area contributed by atoms with Crippen LogP contribution in [0.25, 0.3) is 0 Å². The average molecular weight is 211 g/mol. The fourth-order valence-electron chi connectivity index (χ4n) is 1.50. The van der Waals surface area contributed by atoms with E-state index in [4.69, 9.17) is 4.42 Å². The molecule has 1 atom stereocenters. The number of hydrogen-bond donors (Lipinski definition) is 1. The zero-order valence-corrected chi connectivity index (χ0v) is 9.59. The first-order chi connectivity index (χ1) is 7.04. The third-order valence-electron chi connectivity index (χ3n) is 2.33. The molecule has 0 aromatic carbocycles. The molecule has 1 aromatic heterocycles. The predicted molar refractivity (Wildman–Crippen MR) is 56.6 cm³/mol. The Morgan fingerprint density at radius 3 is 2.73 bits per heavy atom. The molecule has 0 amide bonds. The maximum Gasteiger partial charge on any atom is 0.319 e. The Balaban J connectivity index is 2.57. The van der Waals surface area contributed by atoms with E-state index in [1.165, 1.54) is 7.11 Å². The quantitative estimate of drug-likeness (QED) is 0.770. The smallest absolute Gasteiger partial charge is 0.319 e. The van der Waals surface area contributed by atoms with Crippen LogP contribution in [-0.2, 0) is 9.53 Å². The molecule has 84 valence electrons. The first-order valence-electron chi connectivity index (χ1n) is 4.91. The van der Waals surface area contributed by atoms with E-state index in [2.05, 4.69) is 10.1 Å². The third kappa shape index (κ3) is 3.09. The number of esters is 1. The predicted octanol–water partition coefficient (Wildman–Crippen LogP) is 1.72. The van der Waals surface area contributed by atoms with Crippen LogP contribution >= 0.6 is 0 Å². The van der Waals surface area contributed by atoms with Gasteiger partial charge in [-0.2, -0.15) is 0 Å². The highest BCUT2D eigenvalue weighted by Gasteiger charge is 2.13. The largest absolute Gasteiger partial charge is 0.468 e. The zero-order valence-electron chi connectivity index (χ0n) is 9.59. The highest BCUT2D eigenvalue weighted by atomic mass is 16.5. The van der Waals surface area contributed by atoms with E-state index in [9.17, 15) is 4.79 Å². The Morgan fingerprint density at radius 1 is 1.60 bits per heavy atom. The monoisotopic (exact) mass is 211 g/mol. The average Bonchev–Trinajstić information content (AvgIpc) is 2.53. The van der Waals surface area contributed by atoms with Crippen LogP contribution in [0.2, 0.25) is 0 Å². The standard InChI is InChI=1S/C11H17NO3/c1-7-5-10(9(3)15-7)8(2)12-6-11(13)14-4/h5,8,12H,6H2,1-4H3. The number of rotatable bonds is 4. The second-order valence-corrected chi connectivity index (χ2v) is 3.55. The summed E-state index contributed by atoms with van der Waals surface area (Å²) in [4.78, 5) is 10.9. The summed E-state index contributed by atoms with van der Waals surface area (Å²) in [5.74, 6) is 1.51. The molecule has 15 heavy (non-hydrogen) atoms. The van der Waals surface area contributed by atoms with Crippen LogP contribution in [0.5, 0.6) is 0 Å². The Morgan fingerprint density at radius 2 is 2.27 bits per heavy atom. The summed E-state index contributed by atoms with van der Waals surface area (Å²) in [5, 5.41) is 3.07. The molecular formula is C11H17NO3. The lowest BCUT2D eigenvalue weighted by molar-refractivity contribution is -0.139. The minimum absolute atomic E-state index is 0.0848. The molecule has 1 rings (SSSR count). The molecule has 0 aliphatic heterocycles. The molecule has 0 radical (unpaired) electrons. The van der Waals surface area contributed by atoms with Gasteiger partial charge in [0.2, 0.25) is 0 Å². The van der Waals surface area contributed by atoms with E-state index in [0.29, 0.717) is 0 Å². The van der Waals surface area contributed by atoms with E-state index >= 15 is 0 Å². The number of ether oxygens (including phenoxy) is 1. The fraction of sp³-hybridized carbons (Fsp3) is 0.545. The summed E-state index contributed by atoms with van der Waals surface area (Å²) < 4.78 is 9.96. The van der Waals surface area contributed by atoms with Gasteiger partial charge in [-0.05, 0) is 26.8 Å². The van der Waals surface area contributed by atoms with Gasteiger partial charge >= 0.3 is 5.97 Å². The second-order valence-electron chi connectivity index (χ2n) is 3.55. The number of hydrogen-bond acceptors (Lipinski definition) is 4. The summed E-state index contributed by atoms with van der Waals surface area (Å²) in [6.45, 7) is 6.02. The maximum atomic E-state index is 10.9. The number of nitrogens with one attached hydrogen (secondary N) is 1. The van der Waals surface area contributed by atoms with E-state index in [0.717, 1.165) is 17.1 Å². The van der Waals surface area contributed by atoms with Crippen LogP contribution in [0.1, 0.15) is 30.0 Å². The molecule has 0 aliphatic carbocycles. The Kier molecular flexibility index (Phi) is 3.91. The highest BCUT2D eigenvalue weighted by Crippen LogP contribution is 2.20. The molecule has 0 aliphatic rings. The van der Waals surface area contributed by atoms with Gasteiger partial charge in [0, 0.05) is 11.6 Å². The van der Waals surface area contributed by atoms with E-state index in [1.807, 2.05) is 26.8 Å². The van der Waals surface area contributed by atoms with Crippen molar-refractivity contribution < 1.29 is 13.9 Å². The van der Waals surface area contributed by atoms with Crippen LogP contribution in [0, 0.1) is 13.8 Å². The van der Waals surface area contributed by atoms with Gasteiger partial charge in [-0.1, -0.05) is 0 Å². The fourth-order valence-corrected chi connectivity index (χ4v) is 1.50. The van der Waals surface area contributed by atoms with Crippen molar-refractivity contribution in [1.82, 2.24) is 5.32 Å². The number of furan rings is 1. The molecule has 0 bridgehead atoms. The van der Waals surface area contributed by atoms with Crippen molar-refractivity contribution in [2.45, 2.75) is 26.8 Å². The summed E-state index contributed by atoms with van der Waals surface area (Å²) in [7, 11) is 1.38. The van der Waals surface area contributed by atoms with Gasteiger partial charge in [-0.3, -0.25) is 4.79 Å². The van der Waals surface area contributed by atoms with Gasteiger partial charge < -0.3 is 14.5 Å². The maximum absolute atomic E-state index is 10.9. The van der Waals surface area contributed by atoms with Crippen molar-refractivity contribution in [1.29, 1.82) is 0 Å². The molecule has 0 fully saturated rings. The van der Waals surface area contributed by atoms with Crippen molar-refractivity contribution >= 4 is 5.97 Å². The molecule has 0 spiro atoms. The SMILES string of the molecule is COC(=O)CNC(C)c1cc(C)oc1C. The molecule has 1 unspecified atom stereocenters. The lowest BCUT2D eigenvalue weighted by Crippen LogP contribution is -2.26. The lowest BCUT2D eigenvalue weighted by atomic mass is 10.1. The molecule has 1 aromatic rings. The number of carbonyl (C=O) groups excluding carboxylic acids is 1. The molecule has 1 heterocycles. The topological polar surface area (TPSA) is 51.5 Å².